The van der Waals surface area contributed by atoms with Gasteiger partial charge < -0.3 is 4.42 Å². The van der Waals surface area contributed by atoms with Crippen LogP contribution in [0.15, 0.2) is 180 Å². The Morgan fingerprint density at radius 3 is 1.53 bits per heavy atom. The molecule has 10 rings (SSSR count). The second kappa shape index (κ2) is 11.9. The molecule has 4 heteroatoms. The van der Waals surface area contributed by atoms with E-state index in [9.17, 15) is 0 Å². The summed E-state index contributed by atoms with van der Waals surface area (Å²) in [5.74, 6) is 1.79. The lowest BCUT2D eigenvalue weighted by molar-refractivity contribution is 0.670. The highest BCUT2D eigenvalue weighted by atomic mass is 16.3. The number of nitrogens with zero attached hydrogens (tertiary/aromatic N) is 3. The van der Waals surface area contributed by atoms with Crippen molar-refractivity contribution < 1.29 is 4.42 Å². The SMILES string of the molecule is c1ccc(-c2nc(-c3ccccc3)nc(-c3ccc(-c4ccc(-c5cccc6ccccc56)cc4)c4c3oc3ccc5ccccc5c34)n2)cc1. The van der Waals surface area contributed by atoms with Gasteiger partial charge in [0.05, 0.1) is 5.56 Å². The van der Waals surface area contributed by atoms with Gasteiger partial charge in [0.1, 0.15) is 11.2 Å². The summed E-state index contributed by atoms with van der Waals surface area (Å²) < 4.78 is 6.84. The predicted molar refractivity (Wildman–Crippen MR) is 209 cm³/mol. The summed E-state index contributed by atoms with van der Waals surface area (Å²) in [7, 11) is 0. The lowest BCUT2D eigenvalue weighted by atomic mass is 9.93. The van der Waals surface area contributed by atoms with E-state index in [1.165, 1.54) is 21.9 Å². The van der Waals surface area contributed by atoms with Crippen molar-refractivity contribution in [2.24, 2.45) is 0 Å². The number of furan rings is 1. The van der Waals surface area contributed by atoms with Crippen molar-refractivity contribution in [3.63, 3.8) is 0 Å². The molecule has 0 N–H and O–H groups in total. The summed E-state index contributed by atoms with van der Waals surface area (Å²) in [5, 5.41) is 6.91. The number of hydrogen-bond donors (Lipinski definition) is 0. The molecule has 2 aromatic heterocycles. The van der Waals surface area contributed by atoms with Crippen LogP contribution in [0.4, 0.5) is 0 Å². The Morgan fingerprint density at radius 2 is 0.843 bits per heavy atom. The van der Waals surface area contributed by atoms with E-state index in [1.54, 1.807) is 0 Å². The van der Waals surface area contributed by atoms with Gasteiger partial charge in [-0.15, -0.1) is 0 Å². The van der Waals surface area contributed by atoms with Crippen LogP contribution >= 0.6 is 0 Å². The van der Waals surface area contributed by atoms with Crippen LogP contribution < -0.4 is 0 Å². The molecule has 8 aromatic carbocycles. The molecule has 0 atom stereocenters. The Kier molecular flexibility index (Phi) is 6.78. The monoisotopic (exact) mass is 651 g/mol. The topological polar surface area (TPSA) is 51.8 Å². The van der Waals surface area contributed by atoms with Gasteiger partial charge in [-0.05, 0) is 55.9 Å². The van der Waals surface area contributed by atoms with Gasteiger partial charge in [-0.2, -0.15) is 0 Å². The normalized spacial score (nSPS) is 11.5. The predicted octanol–water partition coefficient (Wildman–Crippen LogP) is 12.4. The molecule has 2 heterocycles. The van der Waals surface area contributed by atoms with E-state index >= 15 is 0 Å². The first-order valence-corrected chi connectivity index (χ1v) is 17.1. The molecule has 0 aliphatic carbocycles. The molecule has 0 radical (unpaired) electrons. The second-order valence-corrected chi connectivity index (χ2v) is 12.8. The van der Waals surface area contributed by atoms with E-state index in [1.807, 2.05) is 60.7 Å². The summed E-state index contributed by atoms with van der Waals surface area (Å²) in [6.07, 6.45) is 0. The quantitative estimate of drug-likeness (QED) is 0.186. The fourth-order valence-electron chi connectivity index (χ4n) is 7.29. The fourth-order valence-corrected chi connectivity index (χ4v) is 7.29. The summed E-state index contributed by atoms with van der Waals surface area (Å²) in [4.78, 5) is 15.1. The zero-order valence-corrected chi connectivity index (χ0v) is 27.5. The first kappa shape index (κ1) is 29.0. The minimum absolute atomic E-state index is 0.564. The zero-order valence-electron chi connectivity index (χ0n) is 27.5. The summed E-state index contributed by atoms with van der Waals surface area (Å²) in [5.41, 5.74) is 8.84. The third-order valence-corrected chi connectivity index (χ3v) is 9.75. The molecule has 0 aliphatic rings. The maximum absolute atomic E-state index is 6.84. The van der Waals surface area contributed by atoms with E-state index in [0.717, 1.165) is 60.5 Å². The van der Waals surface area contributed by atoms with Crippen LogP contribution in [-0.2, 0) is 0 Å². The van der Waals surface area contributed by atoms with Crippen LogP contribution in [-0.4, -0.2) is 15.0 Å². The largest absolute Gasteiger partial charge is 0.455 e. The third-order valence-electron chi connectivity index (χ3n) is 9.75. The Labute approximate surface area is 294 Å². The molecular formula is C47H29N3O. The van der Waals surface area contributed by atoms with Gasteiger partial charge in [-0.1, -0.05) is 164 Å². The molecule has 0 unspecified atom stereocenters. The smallest absolute Gasteiger partial charge is 0.167 e. The lowest BCUT2D eigenvalue weighted by Crippen LogP contribution is -2.00. The number of hydrogen-bond acceptors (Lipinski definition) is 4. The minimum Gasteiger partial charge on any atom is -0.455 e. The number of benzene rings is 8. The van der Waals surface area contributed by atoms with Crippen LogP contribution in [0.3, 0.4) is 0 Å². The van der Waals surface area contributed by atoms with Crippen molar-refractivity contribution in [2.75, 3.05) is 0 Å². The van der Waals surface area contributed by atoms with E-state index in [-0.39, 0.29) is 0 Å². The van der Waals surface area contributed by atoms with Crippen LogP contribution in [0.2, 0.25) is 0 Å². The van der Waals surface area contributed by atoms with Crippen molar-refractivity contribution in [3.8, 4) is 56.4 Å². The van der Waals surface area contributed by atoms with Crippen molar-refractivity contribution in [1.82, 2.24) is 15.0 Å². The molecule has 0 amide bonds. The highest BCUT2D eigenvalue weighted by Gasteiger charge is 2.22. The summed E-state index contributed by atoms with van der Waals surface area (Å²) in [6, 6.07) is 61.1. The van der Waals surface area contributed by atoms with E-state index in [4.69, 9.17) is 19.4 Å². The molecule has 0 spiro atoms. The average Bonchev–Trinajstić information content (AvgIpc) is 3.61. The highest BCUT2D eigenvalue weighted by Crippen LogP contribution is 2.44. The molecule has 10 aromatic rings. The van der Waals surface area contributed by atoms with Gasteiger partial charge in [-0.3, -0.25) is 0 Å². The average molecular weight is 652 g/mol. The Bertz CT molecular complexity index is 2830. The summed E-state index contributed by atoms with van der Waals surface area (Å²) >= 11 is 0. The number of rotatable bonds is 5. The molecule has 0 fully saturated rings. The van der Waals surface area contributed by atoms with Gasteiger partial charge in [-0.25, -0.2) is 15.0 Å². The second-order valence-electron chi connectivity index (χ2n) is 12.8. The Balaban J connectivity index is 1.21. The molecule has 0 saturated heterocycles. The first-order chi connectivity index (χ1) is 25.3. The maximum atomic E-state index is 6.84. The molecule has 0 bridgehead atoms. The summed E-state index contributed by atoms with van der Waals surface area (Å²) in [6.45, 7) is 0. The van der Waals surface area contributed by atoms with Crippen molar-refractivity contribution in [3.05, 3.63) is 176 Å². The third kappa shape index (κ3) is 4.96. The van der Waals surface area contributed by atoms with Gasteiger partial charge in [0.15, 0.2) is 17.5 Å². The molecule has 4 nitrogen and oxygen atoms in total. The van der Waals surface area contributed by atoms with Gasteiger partial charge in [0.2, 0.25) is 0 Å². The van der Waals surface area contributed by atoms with Gasteiger partial charge in [0.25, 0.3) is 0 Å². The fraction of sp³-hybridized carbons (Fsp3) is 0. The Morgan fingerprint density at radius 1 is 0.314 bits per heavy atom. The molecule has 0 saturated carbocycles. The molecule has 51 heavy (non-hydrogen) atoms. The zero-order chi connectivity index (χ0) is 33.7. The van der Waals surface area contributed by atoms with E-state index < -0.39 is 0 Å². The van der Waals surface area contributed by atoms with Crippen LogP contribution in [0.1, 0.15) is 0 Å². The van der Waals surface area contributed by atoms with Crippen LogP contribution in [0.5, 0.6) is 0 Å². The van der Waals surface area contributed by atoms with E-state index in [0.29, 0.717) is 17.5 Å². The van der Waals surface area contributed by atoms with Crippen LogP contribution in [0, 0.1) is 0 Å². The van der Waals surface area contributed by atoms with Gasteiger partial charge >= 0.3 is 0 Å². The molecule has 0 aliphatic heterocycles. The molecular weight excluding hydrogens is 623 g/mol. The van der Waals surface area contributed by atoms with E-state index in [2.05, 4.69) is 115 Å². The van der Waals surface area contributed by atoms with Crippen molar-refractivity contribution in [1.29, 1.82) is 0 Å². The van der Waals surface area contributed by atoms with Gasteiger partial charge in [0, 0.05) is 21.9 Å². The standard InChI is InChI=1S/C47H29N3O/c1-3-14-34(15-4-1)45-48-46(35-16-5-2-6-17-35)50-47(49-45)40-28-27-39(43-42-38-20-10-8-13-31(38)26-29-41(42)51-44(40)43)33-24-22-32(23-25-33)37-21-11-18-30-12-7-9-19-36(30)37/h1-29H. The maximum Gasteiger partial charge on any atom is 0.167 e. The van der Waals surface area contributed by atoms with Crippen molar-refractivity contribution in [2.45, 2.75) is 0 Å². The molecule has 238 valence electrons. The Hall–Kier alpha value is -6.91. The van der Waals surface area contributed by atoms with Crippen molar-refractivity contribution >= 4 is 43.5 Å². The van der Waals surface area contributed by atoms with Crippen LogP contribution in [0.25, 0.3) is 99.9 Å². The lowest BCUT2D eigenvalue weighted by Gasteiger charge is -2.12. The highest BCUT2D eigenvalue weighted by molar-refractivity contribution is 6.24. The number of aromatic nitrogens is 3. The first-order valence-electron chi connectivity index (χ1n) is 17.1. The number of fused-ring (bicyclic) bond motifs is 6. The minimum atomic E-state index is 0.564.